The van der Waals surface area contributed by atoms with Crippen LogP contribution in [0.2, 0.25) is 5.02 Å². The normalized spacial score (nSPS) is 17.6. The number of rotatable bonds is 5. The predicted octanol–water partition coefficient (Wildman–Crippen LogP) is 4.85. The number of fused-ring (bicyclic) bond motifs is 1. The maximum atomic E-state index is 14.5. The quantitative estimate of drug-likeness (QED) is 0.554. The first kappa shape index (κ1) is 21.1. The monoisotopic (exact) mass is 456 g/mol. The van der Waals surface area contributed by atoms with Gasteiger partial charge >= 0.3 is 0 Å². The molecule has 0 radical (unpaired) electrons. The van der Waals surface area contributed by atoms with Gasteiger partial charge in [0.25, 0.3) is 7.44 Å². The third-order valence-electron chi connectivity index (χ3n) is 5.00. The highest BCUT2D eigenvalue weighted by atomic mass is 35.5. The number of aliphatic imine (C=N–C) groups is 1. The summed E-state index contributed by atoms with van der Waals surface area (Å²) in [6.45, 7) is 2.07. The van der Waals surface area contributed by atoms with Crippen molar-refractivity contribution in [3.63, 3.8) is 0 Å². The van der Waals surface area contributed by atoms with E-state index in [1.165, 1.54) is 12.1 Å². The zero-order chi connectivity index (χ0) is 22.2. The summed E-state index contributed by atoms with van der Waals surface area (Å²) >= 11 is 6.33. The Morgan fingerprint density at radius 2 is 1.94 bits per heavy atom. The van der Waals surface area contributed by atoms with Crippen molar-refractivity contribution in [2.24, 2.45) is 4.99 Å². The highest BCUT2D eigenvalue weighted by molar-refractivity contribution is 7.72. The summed E-state index contributed by atoms with van der Waals surface area (Å²) < 4.78 is 31.2. The standard InChI is InChI=1S/C21H19ClFN6OP/c1-14-19-21(29(26-14)13-5-12-24)25-20(15-8-10-16(23)11-9-15)28(2)31(19,30)27-18-7-4-3-6-17(18)22/h3-4,6-11H,5,13H2,1-2H3,(H,27,30). The van der Waals surface area contributed by atoms with Gasteiger partial charge < -0.3 is 5.09 Å². The Bertz CT molecular complexity index is 1260. The molecule has 2 heterocycles. The van der Waals surface area contributed by atoms with Gasteiger partial charge in [-0.3, -0.25) is 9.24 Å². The van der Waals surface area contributed by atoms with Crippen molar-refractivity contribution in [2.45, 2.75) is 19.9 Å². The van der Waals surface area contributed by atoms with Gasteiger partial charge in [-0.25, -0.2) is 14.1 Å². The topological polar surface area (TPSA) is 86.3 Å². The third-order valence-corrected chi connectivity index (χ3v) is 8.04. The van der Waals surface area contributed by atoms with Gasteiger partial charge in [-0.15, -0.1) is 0 Å². The van der Waals surface area contributed by atoms with E-state index < -0.39 is 7.44 Å². The molecule has 1 aliphatic rings. The number of hydrogen-bond acceptors (Lipinski definition) is 4. The highest BCUT2D eigenvalue weighted by Crippen LogP contribution is 2.54. The maximum Gasteiger partial charge on any atom is 0.296 e. The van der Waals surface area contributed by atoms with Crippen LogP contribution in [0.3, 0.4) is 0 Å². The lowest BCUT2D eigenvalue weighted by Gasteiger charge is -2.35. The number of aryl methyl sites for hydroxylation is 2. The molecule has 31 heavy (non-hydrogen) atoms. The second-order valence-electron chi connectivity index (χ2n) is 7.02. The molecular weight excluding hydrogens is 438 g/mol. The molecule has 1 atom stereocenters. The Balaban J connectivity index is 1.92. The van der Waals surface area contributed by atoms with Crippen molar-refractivity contribution in [1.82, 2.24) is 14.5 Å². The number of aromatic nitrogens is 2. The number of anilines is 1. The number of halogens is 2. The molecule has 0 amide bonds. The Labute approximate surface area is 184 Å². The lowest BCUT2D eigenvalue weighted by molar-refractivity contribution is 0.553. The fourth-order valence-corrected chi connectivity index (χ4v) is 6.17. The second kappa shape index (κ2) is 8.18. The van der Waals surface area contributed by atoms with Crippen molar-refractivity contribution >= 4 is 41.7 Å². The van der Waals surface area contributed by atoms with Gasteiger partial charge in [-0.05, 0) is 43.3 Å². The van der Waals surface area contributed by atoms with E-state index in [9.17, 15) is 8.96 Å². The zero-order valence-corrected chi connectivity index (χ0v) is 18.5. The second-order valence-corrected chi connectivity index (χ2v) is 9.85. The van der Waals surface area contributed by atoms with Crippen LogP contribution in [0.4, 0.5) is 15.9 Å². The van der Waals surface area contributed by atoms with Crippen LogP contribution in [0, 0.1) is 24.1 Å². The minimum Gasteiger partial charge on any atom is -0.315 e. The Kier molecular flexibility index (Phi) is 5.57. The van der Waals surface area contributed by atoms with Crippen LogP contribution in [-0.2, 0) is 11.1 Å². The molecule has 158 valence electrons. The van der Waals surface area contributed by atoms with E-state index in [2.05, 4.69) is 16.3 Å². The third kappa shape index (κ3) is 3.71. The lowest BCUT2D eigenvalue weighted by atomic mass is 10.2. The van der Waals surface area contributed by atoms with E-state index >= 15 is 0 Å². The number of nitrogens with zero attached hydrogens (tertiary/aromatic N) is 5. The first-order valence-corrected chi connectivity index (χ1v) is 11.6. The first-order chi connectivity index (χ1) is 14.8. The lowest BCUT2D eigenvalue weighted by Crippen LogP contribution is -2.36. The minimum absolute atomic E-state index is 0.229. The van der Waals surface area contributed by atoms with Gasteiger partial charge in [0.1, 0.15) is 17.0 Å². The Hall–Kier alpha value is -3.14. The molecule has 4 rings (SSSR count). The van der Waals surface area contributed by atoms with Crippen molar-refractivity contribution in [3.8, 4) is 6.07 Å². The van der Waals surface area contributed by atoms with E-state index in [0.717, 1.165) is 0 Å². The Morgan fingerprint density at radius 1 is 1.23 bits per heavy atom. The van der Waals surface area contributed by atoms with Gasteiger partial charge in [0.05, 0.1) is 35.4 Å². The maximum absolute atomic E-state index is 14.5. The zero-order valence-electron chi connectivity index (χ0n) is 16.9. The minimum atomic E-state index is -3.52. The summed E-state index contributed by atoms with van der Waals surface area (Å²) in [6.07, 6.45) is 0.229. The summed E-state index contributed by atoms with van der Waals surface area (Å²) in [5, 5.41) is 17.5. The molecule has 1 N–H and O–H groups in total. The van der Waals surface area contributed by atoms with Crippen LogP contribution in [0.1, 0.15) is 17.7 Å². The van der Waals surface area contributed by atoms with Gasteiger partial charge in [-0.1, -0.05) is 23.7 Å². The van der Waals surface area contributed by atoms with E-state index in [1.807, 2.05) is 0 Å². The molecule has 3 aromatic rings. The SMILES string of the molecule is Cc1nn(CCC#N)c2c1P(=O)(Nc1ccccc1Cl)N(C)C(c1ccc(F)cc1)=N2. The van der Waals surface area contributed by atoms with E-state index in [4.69, 9.17) is 21.9 Å². The van der Waals surface area contributed by atoms with Gasteiger partial charge in [0.2, 0.25) is 0 Å². The first-order valence-electron chi connectivity index (χ1n) is 9.52. The molecule has 1 aliphatic heterocycles. The number of nitrogens with one attached hydrogen (secondary N) is 1. The van der Waals surface area contributed by atoms with Crippen molar-refractivity contribution in [2.75, 3.05) is 12.1 Å². The van der Waals surface area contributed by atoms with Gasteiger partial charge in [-0.2, -0.15) is 10.4 Å². The molecule has 0 saturated heterocycles. The fourth-order valence-electron chi connectivity index (χ4n) is 3.49. The van der Waals surface area contributed by atoms with E-state index in [-0.39, 0.29) is 12.2 Å². The van der Waals surface area contributed by atoms with Crippen LogP contribution in [0.15, 0.2) is 53.5 Å². The highest BCUT2D eigenvalue weighted by Gasteiger charge is 2.43. The number of benzene rings is 2. The summed E-state index contributed by atoms with van der Waals surface area (Å²) in [6, 6.07) is 14.9. The molecule has 0 saturated carbocycles. The smallest absolute Gasteiger partial charge is 0.296 e. The molecule has 7 nitrogen and oxygen atoms in total. The molecule has 0 bridgehead atoms. The average Bonchev–Trinajstić information content (AvgIpc) is 3.07. The van der Waals surface area contributed by atoms with Crippen LogP contribution in [0.5, 0.6) is 0 Å². The largest absolute Gasteiger partial charge is 0.315 e. The molecule has 1 aromatic heterocycles. The summed E-state index contributed by atoms with van der Waals surface area (Å²) in [5.74, 6) is 0.428. The summed E-state index contributed by atoms with van der Waals surface area (Å²) in [4.78, 5) is 4.73. The predicted molar refractivity (Wildman–Crippen MR) is 120 cm³/mol. The van der Waals surface area contributed by atoms with Crippen LogP contribution >= 0.6 is 19.0 Å². The molecule has 2 aromatic carbocycles. The number of nitriles is 1. The van der Waals surface area contributed by atoms with Gasteiger partial charge in [0.15, 0.2) is 5.82 Å². The average molecular weight is 457 g/mol. The molecule has 10 heteroatoms. The fraction of sp³-hybridized carbons (Fsp3) is 0.190. The molecule has 0 fully saturated rings. The Morgan fingerprint density at radius 3 is 2.61 bits per heavy atom. The molecular formula is C21H19ClFN6OP. The molecule has 1 unspecified atom stereocenters. The number of amidine groups is 1. The number of hydrogen-bond donors (Lipinski definition) is 1. The molecule has 0 aliphatic carbocycles. The summed E-state index contributed by atoms with van der Waals surface area (Å²) in [5.41, 5.74) is 1.65. The van der Waals surface area contributed by atoms with Crippen molar-refractivity contribution < 1.29 is 8.96 Å². The summed E-state index contributed by atoms with van der Waals surface area (Å²) in [7, 11) is -1.85. The number of para-hydroxylation sites is 1. The van der Waals surface area contributed by atoms with Crippen molar-refractivity contribution in [3.05, 3.63) is 70.6 Å². The molecule has 0 spiro atoms. The van der Waals surface area contributed by atoms with Crippen LogP contribution < -0.4 is 10.4 Å². The van der Waals surface area contributed by atoms with Gasteiger partial charge in [0, 0.05) is 12.6 Å². The van der Waals surface area contributed by atoms with Crippen molar-refractivity contribution in [1.29, 1.82) is 5.26 Å². The van der Waals surface area contributed by atoms with Crippen LogP contribution in [0.25, 0.3) is 0 Å². The van der Waals surface area contributed by atoms with E-state index in [0.29, 0.717) is 45.5 Å². The van der Waals surface area contributed by atoms with Crippen LogP contribution in [-0.4, -0.2) is 27.3 Å². The van der Waals surface area contributed by atoms with E-state index in [1.54, 1.807) is 59.7 Å².